The van der Waals surface area contributed by atoms with Crippen molar-refractivity contribution in [2.75, 3.05) is 6.79 Å². The van der Waals surface area contributed by atoms with E-state index >= 15 is 0 Å². The average molecular weight is 284 g/mol. The summed E-state index contributed by atoms with van der Waals surface area (Å²) >= 11 is 0. The molecule has 0 aliphatic carbocycles. The van der Waals surface area contributed by atoms with Crippen molar-refractivity contribution in [3.63, 3.8) is 0 Å². The first-order valence-corrected chi connectivity index (χ1v) is 6.54. The lowest BCUT2D eigenvalue weighted by Crippen LogP contribution is -2.12. The van der Waals surface area contributed by atoms with Crippen molar-refractivity contribution in [2.45, 2.75) is 13.1 Å². The molecule has 0 saturated heterocycles. The molecule has 1 aliphatic rings. The summed E-state index contributed by atoms with van der Waals surface area (Å²) in [6, 6.07) is 12.2. The van der Waals surface area contributed by atoms with Gasteiger partial charge in [-0.2, -0.15) is 5.26 Å². The lowest BCUT2D eigenvalue weighted by Gasteiger charge is -2.07. The maximum Gasteiger partial charge on any atom is 0.231 e. The number of halogens is 1. The highest BCUT2D eigenvalue weighted by Gasteiger charge is 2.12. The molecule has 2 aromatic carbocycles. The molecule has 21 heavy (non-hydrogen) atoms. The fraction of sp³-hybridized carbons (Fsp3) is 0.188. The number of benzene rings is 2. The quantitative estimate of drug-likeness (QED) is 0.938. The van der Waals surface area contributed by atoms with Crippen molar-refractivity contribution >= 4 is 0 Å². The van der Waals surface area contributed by atoms with Crippen molar-refractivity contribution in [3.05, 3.63) is 58.9 Å². The number of rotatable bonds is 4. The van der Waals surface area contributed by atoms with Gasteiger partial charge in [-0.3, -0.25) is 0 Å². The Bertz CT molecular complexity index is 710. The third-order valence-electron chi connectivity index (χ3n) is 3.25. The number of nitrogens with one attached hydrogen (secondary N) is 1. The van der Waals surface area contributed by atoms with E-state index in [-0.39, 0.29) is 12.4 Å². The van der Waals surface area contributed by atoms with Crippen LogP contribution in [-0.2, 0) is 13.1 Å². The lowest BCUT2D eigenvalue weighted by atomic mass is 10.1. The molecule has 0 radical (unpaired) electrons. The fourth-order valence-electron chi connectivity index (χ4n) is 2.17. The van der Waals surface area contributed by atoms with E-state index in [0.29, 0.717) is 13.1 Å². The molecule has 1 aliphatic heterocycles. The largest absolute Gasteiger partial charge is 0.454 e. The Morgan fingerprint density at radius 2 is 1.76 bits per heavy atom. The first kappa shape index (κ1) is 13.4. The van der Waals surface area contributed by atoms with E-state index in [9.17, 15) is 4.39 Å². The molecule has 0 unspecified atom stereocenters. The van der Waals surface area contributed by atoms with Crippen LogP contribution in [0.1, 0.15) is 16.7 Å². The molecule has 0 aromatic heterocycles. The molecular weight excluding hydrogens is 271 g/mol. The van der Waals surface area contributed by atoms with Gasteiger partial charge < -0.3 is 14.8 Å². The van der Waals surface area contributed by atoms with Crippen LogP contribution in [-0.4, -0.2) is 6.79 Å². The topological polar surface area (TPSA) is 54.3 Å². The maximum atomic E-state index is 13.2. The highest BCUT2D eigenvalue weighted by atomic mass is 19.1. The van der Waals surface area contributed by atoms with Crippen LogP contribution < -0.4 is 14.8 Å². The van der Waals surface area contributed by atoms with Gasteiger partial charge in [-0.1, -0.05) is 12.1 Å². The van der Waals surface area contributed by atoms with E-state index in [1.165, 1.54) is 6.07 Å². The summed E-state index contributed by atoms with van der Waals surface area (Å²) in [7, 11) is 0. The molecule has 1 N–H and O–H groups in total. The summed E-state index contributed by atoms with van der Waals surface area (Å²) < 4.78 is 23.8. The Morgan fingerprint density at radius 1 is 1.05 bits per heavy atom. The number of hydrogen-bond acceptors (Lipinski definition) is 4. The van der Waals surface area contributed by atoms with Gasteiger partial charge in [0.1, 0.15) is 11.9 Å². The Kier molecular flexibility index (Phi) is 3.71. The van der Waals surface area contributed by atoms with E-state index in [1.807, 2.05) is 24.3 Å². The molecule has 0 bridgehead atoms. The highest BCUT2D eigenvalue weighted by molar-refractivity contribution is 5.44. The molecule has 0 spiro atoms. The number of nitrogens with zero attached hydrogens (tertiary/aromatic N) is 1. The standard InChI is InChI=1S/C16H13FN2O2/c17-14-3-1-11(5-13(14)7-18)8-19-9-12-2-4-15-16(6-12)21-10-20-15/h1-6,19H,8-10H2. The van der Waals surface area contributed by atoms with Gasteiger partial charge in [0.15, 0.2) is 11.5 Å². The normalized spacial score (nSPS) is 12.2. The number of ether oxygens (including phenoxy) is 2. The molecule has 106 valence electrons. The van der Waals surface area contributed by atoms with Crippen molar-refractivity contribution in [3.8, 4) is 17.6 Å². The summed E-state index contributed by atoms with van der Waals surface area (Å²) in [5, 5.41) is 12.1. The first-order valence-electron chi connectivity index (χ1n) is 6.54. The zero-order valence-corrected chi connectivity index (χ0v) is 11.2. The van der Waals surface area contributed by atoms with Gasteiger partial charge in [0.2, 0.25) is 6.79 Å². The van der Waals surface area contributed by atoms with Gasteiger partial charge in [0.05, 0.1) is 5.56 Å². The van der Waals surface area contributed by atoms with E-state index < -0.39 is 5.82 Å². The van der Waals surface area contributed by atoms with E-state index in [4.69, 9.17) is 14.7 Å². The van der Waals surface area contributed by atoms with Gasteiger partial charge in [-0.05, 0) is 35.4 Å². The molecule has 2 aromatic rings. The number of fused-ring (bicyclic) bond motifs is 1. The minimum absolute atomic E-state index is 0.0670. The second kappa shape index (κ2) is 5.81. The maximum absolute atomic E-state index is 13.2. The molecule has 5 heteroatoms. The number of nitriles is 1. The summed E-state index contributed by atoms with van der Waals surface area (Å²) in [6.07, 6.45) is 0. The van der Waals surface area contributed by atoms with Gasteiger partial charge in [0, 0.05) is 13.1 Å². The van der Waals surface area contributed by atoms with E-state index in [2.05, 4.69) is 5.32 Å². The molecule has 4 nitrogen and oxygen atoms in total. The molecule has 3 rings (SSSR count). The van der Waals surface area contributed by atoms with Crippen molar-refractivity contribution in [1.29, 1.82) is 5.26 Å². The van der Waals surface area contributed by atoms with Crippen LogP contribution in [0.2, 0.25) is 0 Å². The summed E-state index contributed by atoms with van der Waals surface area (Å²) in [5.41, 5.74) is 2.01. The Hall–Kier alpha value is -2.58. The van der Waals surface area contributed by atoms with Crippen molar-refractivity contribution in [1.82, 2.24) is 5.32 Å². The van der Waals surface area contributed by atoms with Crippen LogP contribution in [0.4, 0.5) is 4.39 Å². The molecule has 1 heterocycles. The zero-order chi connectivity index (χ0) is 14.7. The highest BCUT2D eigenvalue weighted by Crippen LogP contribution is 2.32. The smallest absolute Gasteiger partial charge is 0.231 e. The fourth-order valence-corrected chi connectivity index (χ4v) is 2.17. The lowest BCUT2D eigenvalue weighted by molar-refractivity contribution is 0.174. The van der Waals surface area contributed by atoms with Crippen LogP contribution in [0.3, 0.4) is 0 Å². The van der Waals surface area contributed by atoms with Crippen molar-refractivity contribution < 1.29 is 13.9 Å². The van der Waals surface area contributed by atoms with E-state index in [1.54, 1.807) is 12.1 Å². The second-order valence-corrected chi connectivity index (χ2v) is 4.72. The minimum atomic E-state index is -0.489. The third kappa shape index (κ3) is 2.96. The molecule has 0 fully saturated rings. The second-order valence-electron chi connectivity index (χ2n) is 4.72. The molecule has 0 saturated carbocycles. The predicted octanol–water partition coefficient (Wildman–Crippen LogP) is 2.72. The Labute approximate surface area is 121 Å². The Balaban J connectivity index is 1.60. The SMILES string of the molecule is N#Cc1cc(CNCc2ccc3c(c2)OCO3)ccc1F. The van der Waals surface area contributed by atoms with Gasteiger partial charge in [-0.25, -0.2) is 4.39 Å². The van der Waals surface area contributed by atoms with Crippen LogP contribution in [0.15, 0.2) is 36.4 Å². The van der Waals surface area contributed by atoms with Crippen LogP contribution >= 0.6 is 0 Å². The summed E-state index contributed by atoms with van der Waals surface area (Å²) in [6.45, 7) is 1.47. The van der Waals surface area contributed by atoms with Crippen LogP contribution in [0.5, 0.6) is 11.5 Å². The van der Waals surface area contributed by atoms with Gasteiger partial charge in [0.25, 0.3) is 0 Å². The van der Waals surface area contributed by atoms with Crippen LogP contribution in [0, 0.1) is 17.1 Å². The molecule has 0 amide bonds. The van der Waals surface area contributed by atoms with Crippen molar-refractivity contribution in [2.24, 2.45) is 0 Å². The third-order valence-corrected chi connectivity index (χ3v) is 3.25. The first-order chi connectivity index (χ1) is 10.3. The molecule has 0 atom stereocenters. The number of hydrogen-bond donors (Lipinski definition) is 1. The van der Waals surface area contributed by atoms with E-state index in [0.717, 1.165) is 22.6 Å². The monoisotopic (exact) mass is 284 g/mol. The predicted molar refractivity (Wildman–Crippen MR) is 74.2 cm³/mol. The Morgan fingerprint density at radius 3 is 2.57 bits per heavy atom. The van der Waals surface area contributed by atoms with Gasteiger partial charge in [-0.15, -0.1) is 0 Å². The minimum Gasteiger partial charge on any atom is -0.454 e. The van der Waals surface area contributed by atoms with Gasteiger partial charge >= 0.3 is 0 Å². The van der Waals surface area contributed by atoms with Crippen LogP contribution in [0.25, 0.3) is 0 Å². The zero-order valence-electron chi connectivity index (χ0n) is 11.2. The molecular formula is C16H13FN2O2. The summed E-state index contributed by atoms with van der Waals surface area (Å²) in [5.74, 6) is 1.02. The summed E-state index contributed by atoms with van der Waals surface area (Å²) in [4.78, 5) is 0. The average Bonchev–Trinajstić information content (AvgIpc) is 2.96.